The van der Waals surface area contributed by atoms with Crippen LogP contribution in [0.1, 0.15) is 18.1 Å². The van der Waals surface area contributed by atoms with Crippen LogP contribution < -0.4 is 10.6 Å². The lowest BCUT2D eigenvalue weighted by Gasteiger charge is -2.09. The van der Waals surface area contributed by atoms with E-state index in [0.29, 0.717) is 18.7 Å². The number of hydrogen-bond donors (Lipinski definition) is 2. The molecule has 0 saturated carbocycles. The van der Waals surface area contributed by atoms with Crippen molar-refractivity contribution in [3.63, 3.8) is 0 Å². The van der Waals surface area contributed by atoms with Crippen molar-refractivity contribution in [2.24, 2.45) is 0 Å². The summed E-state index contributed by atoms with van der Waals surface area (Å²) in [5.41, 5.74) is 2.68. The van der Waals surface area contributed by atoms with Crippen LogP contribution in [0.3, 0.4) is 0 Å². The van der Waals surface area contributed by atoms with Gasteiger partial charge in [0.1, 0.15) is 0 Å². The van der Waals surface area contributed by atoms with Gasteiger partial charge >= 0.3 is 0 Å². The third kappa shape index (κ3) is 3.62. The molecule has 0 atom stereocenters. The molecule has 0 spiro atoms. The lowest BCUT2D eigenvalue weighted by molar-refractivity contribution is -0.118. The molecule has 0 unspecified atom stereocenters. The summed E-state index contributed by atoms with van der Waals surface area (Å²) in [7, 11) is 0. The molecule has 0 heterocycles. The number of anilines is 1. The van der Waals surface area contributed by atoms with Gasteiger partial charge in [0.05, 0.1) is 11.6 Å². The summed E-state index contributed by atoms with van der Waals surface area (Å²) < 4.78 is 0. The van der Waals surface area contributed by atoms with Gasteiger partial charge in [-0.15, -0.1) is 0 Å². The normalized spacial score (nSPS) is 9.31. The molecule has 0 aliphatic rings. The number of carbonyl (C=O) groups is 1. The summed E-state index contributed by atoms with van der Waals surface area (Å²) in [5, 5.41) is 14.6. The van der Waals surface area contributed by atoms with E-state index in [4.69, 9.17) is 5.26 Å². The highest BCUT2D eigenvalue weighted by Gasteiger charge is 1.99. The van der Waals surface area contributed by atoms with Gasteiger partial charge in [0.25, 0.3) is 0 Å². The predicted octanol–water partition coefficient (Wildman–Crippen LogP) is 1.41. The summed E-state index contributed by atoms with van der Waals surface area (Å²) >= 11 is 0. The third-order valence-electron chi connectivity index (χ3n) is 2.17. The number of nitriles is 1. The highest BCUT2D eigenvalue weighted by atomic mass is 16.1. The Balaban J connectivity index is 2.49. The molecule has 0 aliphatic carbocycles. The van der Waals surface area contributed by atoms with Crippen molar-refractivity contribution in [2.45, 2.75) is 13.8 Å². The highest BCUT2D eigenvalue weighted by molar-refractivity contribution is 5.72. The van der Waals surface area contributed by atoms with Crippen LogP contribution in [0.15, 0.2) is 18.2 Å². The molecule has 4 heteroatoms. The second-order valence-electron chi connectivity index (χ2n) is 3.55. The zero-order chi connectivity index (χ0) is 12.0. The lowest BCUT2D eigenvalue weighted by Crippen LogP contribution is -2.26. The fourth-order valence-corrected chi connectivity index (χ4v) is 1.37. The fraction of sp³-hybridized carbons (Fsp3) is 0.333. The van der Waals surface area contributed by atoms with Crippen LogP contribution in [-0.2, 0) is 4.79 Å². The van der Waals surface area contributed by atoms with Gasteiger partial charge < -0.3 is 10.6 Å². The zero-order valence-corrected chi connectivity index (χ0v) is 9.50. The van der Waals surface area contributed by atoms with E-state index >= 15 is 0 Å². The van der Waals surface area contributed by atoms with Crippen molar-refractivity contribution in [1.82, 2.24) is 5.32 Å². The maximum absolute atomic E-state index is 10.6. The summed E-state index contributed by atoms with van der Waals surface area (Å²) in [6.07, 6.45) is 0. The van der Waals surface area contributed by atoms with Crippen LogP contribution in [0.4, 0.5) is 5.69 Å². The number of rotatable bonds is 4. The van der Waals surface area contributed by atoms with Gasteiger partial charge in [0.15, 0.2) is 0 Å². The van der Waals surface area contributed by atoms with Crippen LogP contribution in [0.25, 0.3) is 0 Å². The standard InChI is InChI=1S/C12H15N3O/c1-9-7-11(8-13)3-4-12(9)15-6-5-14-10(2)16/h3-4,7,15H,5-6H2,1-2H3,(H,14,16). The van der Waals surface area contributed by atoms with Gasteiger partial charge in [0.2, 0.25) is 5.91 Å². The van der Waals surface area contributed by atoms with E-state index in [1.807, 2.05) is 19.1 Å². The summed E-state index contributed by atoms with van der Waals surface area (Å²) in [6.45, 7) is 4.70. The molecular formula is C12H15N3O. The first-order valence-electron chi connectivity index (χ1n) is 5.12. The van der Waals surface area contributed by atoms with Crippen LogP contribution in [0.2, 0.25) is 0 Å². The number of nitrogens with zero attached hydrogens (tertiary/aromatic N) is 1. The number of benzene rings is 1. The lowest BCUT2D eigenvalue weighted by atomic mass is 10.1. The molecule has 1 aromatic carbocycles. The number of nitrogens with one attached hydrogen (secondary N) is 2. The molecule has 0 saturated heterocycles. The average Bonchev–Trinajstić information content (AvgIpc) is 2.25. The number of hydrogen-bond acceptors (Lipinski definition) is 3. The number of carbonyl (C=O) groups excluding carboxylic acids is 1. The maximum Gasteiger partial charge on any atom is 0.216 e. The van der Waals surface area contributed by atoms with Crippen LogP contribution in [-0.4, -0.2) is 19.0 Å². The Bertz CT molecular complexity index is 421. The molecule has 84 valence electrons. The molecule has 16 heavy (non-hydrogen) atoms. The molecule has 0 bridgehead atoms. The minimum atomic E-state index is -0.0293. The van der Waals surface area contributed by atoms with Crippen LogP contribution in [0, 0.1) is 18.3 Å². The minimum absolute atomic E-state index is 0.0293. The second-order valence-corrected chi connectivity index (χ2v) is 3.55. The maximum atomic E-state index is 10.6. The highest BCUT2D eigenvalue weighted by Crippen LogP contribution is 2.15. The summed E-state index contributed by atoms with van der Waals surface area (Å²) in [4.78, 5) is 10.6. The molecular weight excluding hydrogens is 202 g/mol. The van der Waals surface area contributed by atoms with Gasteiger partial charge in [-0.05, 0) is 30.7 Å². The fourth-order valence-electron chi connectivity index (χ4n) is 1.37. The Morgan fingerprint density at radius 3 is 2.75 bits per heavy atom. The van der Waals surface area contributed by atoms with Crippen molar-refractivity contribution < 1.29 is 4.79 Å². The minimum Gasteiger partial charge on any atom is -0.383 e. The first-order valence-corrected chi connectivity index (χ1v) is 5.12. The van der Waals surface area contributed by atoms with E-state index in [1.54, 1.807) is 6.07 Å². The Labute approximate surface area is 95.3 Å². The SMILES string of the molecule is CC(=O)NCCNc1ccc(C#N)cc1C. The van der Waals surface area contributed by atoms with E-state index in [0.717, 1.165) is 11.3 Å². The summed E-state index contributed by atoms with van der Waals surface area (Å²) in [5.74, 6) is -0.0293. The van der Waals surface area contributed by atoms with Gasteiger partial charge in [-0.3, -0.25) is 4.79 Å². The molecule has 0 aliphatic heterocycles. The monoisotopic (exact) mass is 217 g/mol. The van der Waals surface area contributed by atoms with Crippen molar-refractivity contribution in [2.75, 3.05) is 18.4 Å². The quantitative estimate of drug-likeness (QED) is 0.749. The van der Waals surface area contributed by atoms with E-state index in [9.17, 15) is 4.79 Å². The smallest absolute Gasteiger partial charge is 0.216 e. The van der Waals surface area contributed by atoms with Gasteiger partial charge in [0, 0.05) is 25.7 Å². The second kappa shape index (κ2) is 5.76. The van der Waals surface area contributed by atoms with E-state index < -0.39 is 0 Å². The topological polar surface area (TPSA) is 64.9 Å². The van der Waals surface area contributed by atoms with Crippen molar-refractivity contribution >= 4 is 11.6 Å². The molecule has 2 N–H and O–H groups in total. The average molecular weight is 217 g/mol. The first-order chi connectivity index (χ1) is 7.63. The van der Waals surface area contributed by atoms with E-state index in [1.165, 1.54) is 6.92 Å². The molecule has 1 rings (SSSR count). The Hall–Kier alpha value is -2.02. The first kappa shape index (κ1) is 12.1. The van der Waals surface area contributed by atoms with Crippen LogP contribution in [0.5, 0.6) is 0 Å². The van der Waals surface area contributed by atoms with Crippen LogP contribution >= 0.6 is 0 Å². The summed E-state index contributed by atoms with van der Waals surface area (Å²) in [6, 6.07) is 7.57. The Morgan fingerprint density at radius 2 is 2.19 bits per heavy atom. The molecule has 0 aromatic heterocycles. The predicted molar refractivity (Wildman–Crippen MR) is 63.1 cm³/mol. The van der Waals surface area contributed by atoms with Gasteiger partial charge in [-0.2, -0.15) is 5.26 Å². The van der Waals surface area contributed by atoms with Gasteiger partial charge in [-0.25, -0.2) is 0 Å². The van der Waals surface area contributed by atoms with Gasteiger partial charge in [-0.1, -0.05) is 0 Å². The number of aryl methyl sites for hydroxylation is 1. The number of amides is 1. The van der Waals surface area contributed by atoms with Crippen molar-refractivity contribution in [3.8, 4) is 6.07 Å². The molecule has 1 aromatic rings. The van der Waals surface area contributed by atoms with E-state index in [-0.39, 0.29) is 5.91 Å². The Kier molecular flexibility index (Phi) is 4.34. The molecule has 0 radical (unpaired) electrons. The molecule has 4 nitrogen and oxygen atoms in total. The molecule has 0 fully saturated rings. The molecule has 1 amide bonds. The Morgan fingerprint density at radius 1 is 1.44 bits per heavy atom. The van der Waals surface area contributed by atoms with Crippen molar-refractivity contribution in [3.05, 3.63) is 29.3 Å². The largest absolute Gasteiger partial charge is 0.383 e. The van der Waals surface area contributed by atoms with Crippen molar-refractivity contribution in [1.29, 1.82) is 5.26 Å². The third-order valence-corrected chi connectivity index (χ3v) is 2.17. The zero-order valence-electron chi connectivity index (χ0n) is 9.50. The van der Waals surface area contributed by atoms with E-state index in [2.05, 4.69) is 16.7 Å².